The molecule has 0 saturated carbocycles. The number of ether oxygens (including phenoxy) is 1. The van der Waals surface area contributed by atoms with Gasteiger partial charge in [0.05, 0.1) is 27.9 Å². The van der Waals surface area contributed by atoms with Crippen molar-refractivity contribution in [3.8, 4) is 0 Å². The number of benzene rings is 1. The van der Waals surface area contributed by atoms with Gasteiger partial charge in [0.15, 0.2) is 0 Å². The van der Waals surface area contributed by atoms with Crippen LogP contribution in [0.4, 0.5) is 5.69 Å². The fraction of sp³-hybridized carbons (Fsp3) is 0.500. The summed E-state index contributed by atoms with van der Waals surface area (Å²) in [5.41, 5.74) is 5.76. The first kappa shape index (κ1) is 15.9. The summed E-state index contributed by atoms with van der Waals surface area (Å²) in [5.74, 6) is 0. The highest BCUT2D eigenvalue weighted by atomic mass is 35.5. The first-order chi connectivity index (χ1) is 9.23. The average molecular weight is 339 g/mol. The molecule has 2 rings (SSSR count). The second-order valence-corrected chi connectivity index (χ2v) is 7.54. The Balaban J connectivity index is 2.43. The van der Waals surface area contributed by atoms with Crippen LogP contribution in [0, 0.1) is 0 Å². The minimum atomic E-state index is -3.72. The Labute approximate surface area is 128 Å². The highest BCUT2D eigenvalue weighted by molar-refractivity contribution is 7.89. The summed E-state index contributed by atoms with van der Waals surface area (Å²) in [7, 11) is -3.72. The number of hydrogen-bond donors (Lipinski definition) is 1. The molecular weight excluding hydrogens is 323 g/mol. The van der Waals surface area contributed by atoms with Crippen LogP contribution in [0.3, 0.4) is 0 Å². The monoisotopic (exact) mass is 338 g/mol. The van der Waals surface area contributed by atoms with Crippen molar-refractivity contribution in [1.29, 1.82) is 0 Å². The van der Waals surface area contributed by atoms with Crippen LogP contribution in [0.5, 0.6) is 0 Å². The fourth-order valence-electron chi connectivity index (χ4n) is 2.21. The number of sulfonamides is 1. The molecule has 0 radical (unpaired) electrons. The zero-order valence-corrected chi connectivity index (χ0v) is 13.5. The number of halogens is 2. The fourth-order valence-corrected chi connectivity index (χ4v) is 4.54. The van der Waals surface area contributed by atoms with E-state index in [1.807, 2.05) is 13.8 Å². The van der Waals surface area contributed by atoms with Crippen molar-refractivity contribution in [1.82, 2.24) is 4.31 Å². The predicted octanol–water partition coefficient (Wildman–Crippen LogP) is 2.37. The summed E-state index contributed by atoms with van der Waals surface area (Å²) in [4.78, 5) is -0.0256. The smallest absolute Gasteiger partial charge is 0.244 e. The predicted molar refractivity (Wildman–Crippen MR) is 79.6 cm³/mol. The van der Waals surface area contributed by atoms with Crippen LogP contribution in [0.15, 0.2) is 17.0 Å². The highest BCUT2D eigenvalue weighted by Gasteiger charge is 2.34. The minimum absolute atomic E-state index is 0.0256. The Kier molecular flexibility index (Phi) is 4.51. The van der Waals surface area contributed by atoms with Crippen LogP contribution < -0.4 is 5.73 Å². The first-order valence-electron chi connectivity index (χ1n) is 6.12. The van der Waals surface area contributed by atoms with Crippen LogP contribution in [-0.4, -0.2) is 38.0 Å². The lowest BCUT2D eigenvalue weighted by atomic mass is 10.3. The van der Waals surface area contributed by atoms with Gasteiger partial charge in [0, 0.05) is 13.1 Å². The topological polar surface area (TPSA) is 72.6 Å². The van der Waals surface area contributed by atoms with E-state index in [0.717, 1.165) is 0 Å². The van der Waals surface area contributed by atoms with Crippen molar-refractivity contribution in [3.05, 3.63) is 22.2 Å². The molecule has 5 nitrogen and oxygen atoms in total. The Morgan fingerprint density at radius 1 is 1.25 bits per heavy atom. The summed E-state index contributed by atoms with van der Waals surface area (Å²) < 4.78 is 32.2. The molecule has 1 aromatic rings. The number of nitrogens with zero attached hydrogens (tertiary/aromatic N) is 1. The summed E-state index contributed by atoms with van der Waals surface area (Å²) in [6, 6.07) is 2.81. The van der Waals surface area contributed by atoms with Gasteiger partial charge in [-0.05, 0) is 26.0 Å². The molecule has 1 saturated heterocycles. The van der Waals surface area contributed by atoms with E-state index in [9.17, 15) is 8.42 Å². The number of nitrogen functional groups attached to an aromatic ring is 1. The molecule has 0 amide bonds. The van der Waals surface area contributed by atoms with Gasteiger partial charge < -0.3 is 10.5 Å². The zero-order chi connectivity index (χ0) is 15.1. The molecule has 0 bridgehead atoms. The second kappa shape index (κ2) is 5.69. The lowest BCUT2D eigenvalue weighted by Gasteiger charge is -2.34. The number of nitrogens with two attached hydrogens (primary N) is 1. The van der Waals surface area contributed by atoms with Crippen molar-refractivity contribution in [2.75, 3.05) is 18.8 Å². The lowest BCUT2D eigenvalue weighted by Crippen LogP contribution is -2.48. The van der Waals surface area contributed by atoms with E-state index < -0.39 is 10.0 Å². The van der Waals surface area contributed by atoms with Crippen LogP contribution in [0.2, 0.25) is 10.0 Å². The standard InChI is InChI=1S/C12H16Cl2N2O3S/c1-7-5-16(6-8(2)19-7)20(17,18)10-4-3-9(13)12(15)11(10)14/h3-4,7-8H,5-6,15H2,1-2H3/t7-,8+. The van der Waals surface area contributed by atoms with Gasteiger partial charge in [0.25, 0.3) is 0 Å². The lowest BCUT2D eigenvalue weighted by molar-refractivity contribution is -0.0440. The second-order valence-electron chi connectivity index (χ2n) is 4.85. The summed E-state index contributed by atoms with van der Waals surface area (Å²) in [6.07, 6.45) is -0.339. The van der Waals surface area contributed by atoms with Crippen LogP contribution in [0.25, 0.3) is 0 Å². The van der Waals surface area contributed by atoms with E-state index in [2.05, 4.69) is 0 Å². The zero-order valence-electron chi connectivity index (χ0n) is 11.1. The van der Waals surface area contributed by atoms with Gasteiger partial charge in [-0.2, -0.15) is 4.31 Å². The number of hydrogen-bond acceptors (Lipinski definition) is 4. The van der Waals surface area contributed by atoms with Gasteiger partial charge in [-0.3, -0.25) is 0 Å². The third-order valence-corrected chi connectivity index (χ3v) is 5.82. The van der Waals surface area contributed by atoms with E-state index in [0.29, 0.717) is 0 Å². The number of morpholine rings is 1. The first-order valence-corrected chi connectivity index (χ1v) is 8.32. The van der Waals surface area contributed by atoms with Crippen molar-refractivity contribution in [2.45, 2.75) is 31.0 Å². The van der Waals surface area contributed by atoms with Crippen molar-refractivity contribution in [3.63, 3.8) is 0 Å². The molecule has 0 aromatic heterocycles. The Hall–Kier alpha value is -0.530. The van der Waals surface area contributed by atoms with Gasteiger partial charge in [-0.15, -0.1) is 0 Å². The molecule has 1 aromatic carbocycles. The molecule has 0 unspecified atom stereocenters. The van der Waals surface area contributed by atoms with E-state index in [4.69, 9.17) is 33.7 Å². The van der Waals surface area contributed by atoms with Gasteiger partial charge in [0.2, 0.25) is 10.0 Å². The van der Waals surface area contributed by atoms with Crippen LogP contribution >= 0.6 is 23.2 Å². The third-order valence-electron chi connectivity index (χ3n) is 3.10. The molecule has 0 aliphatic carbocycles. The van der Waals surface area contributed by atoms with Gasteiger partial charge >= 0.3 is 0 Å². The van der Waals surface area contributed by atoms with E-state index in [1.54, 1.807) is 0 Å². The van der Waals surface area contributed by atoms with Gasteiger partial charge in [-0.25, -0.2) is 8.42 Å². The molecule has 1 fully saturated rings. The highest BCUT2D eigenvalue weighted by Crippen LogP contribution is 2.35. The van der Waals surface area contributed by atoms with Crippen molar-refractivity contribution >= 4 is 38.9 Å². The average Bonchev–Trinajstić information content (AvgIpc) is 2.34. The molecule has 8 heteroatoms. The van der Waals surface area contributed by atoms with Crippen molar-refractivity contribution < 1.29 is 13.2 Å². The minimum Gasteiger partial charge on any atom is -0.396 e. The maximum absolute atomic E-state index is 12.6. The maximum atomic E-state index is 12.6. The van der Waals surface area contributed by atoms with Crippen molar-refractivity contribution in [2.24, 2.45) is 0 Å². The van der Waals surface area contributed by atoms with E-state index in [1.165, 1.54) is 16.4 Å². The number of anilines is 1. The normalized spacial score (nSPS) is 24.8. The van der Waals surface area contributed by atoms with Crippen LogP contribution in [0.1, 0.15) is 13.8 Å². The van der Waals surface area contributed by atoms with Gasteiger partial charge in [-0.1, -0.05) is 23.2 Å². The largest absolute Gasteiger partial charge is 0.396 e. The maximum Gasteiger partial charge on any atom is 0.244 e. The third kappa shape index (κ3) is 2.89. The molecule has 2 atom stereocenters. The molecule has 2 N–H and O–H groups in total. The van der Waals surface area contributed by atoms with Gasteiger partial charge in [0.1, 0.15) is 4.90 Å². The molecule has 20 heavy (non-hydrogen) atoms. The summed E-state index contributed by atoms with van der Waals surface area (Å²) in [5, 5.41) is 0.196. The molecular formula is C12H16Cl2N2O3S. The quantitative estimate of drug-likeness (QED) is 0.840. The van der Waals surface area contributed by atoms with E-state index >= 15 is 0 Å². The molecule has 1 aliphatic rings. The van der Waals surface area contributed by atoms with E-state index in [-0.39, 0.29) is 45.9 Å². The summed E-state index contributed by atoms with van der Waals surface area (Å²) >= 11 is 11.9. The SMILES string of the molecule is C[C@@H]1CN(S(=O)(=O)c2ccc(Cl)c(N)c2Cl)C[C@H](C)O1. The van der Waals surface area contributed by atoms with Crippen LogP contribution in [-0.2, 0) is 14.8 Å². The molecule has 112 valence electrons. The summed E-state index contributed by atoms with van der Waals surface area (Å²) in [6.45, 7) is 4.23. The number of rotatable bonds is 2. The Morgan fingerprint density at radius 2 is 1.80 bits per heavy atom. The Morgan fingerprint density at radius 3 is 2.35 bits per heavy atom. The molecule has 1 heterocycles. The molecule has 0 spiro atoms. The molecule has 1 aliphatic heterocycles. The Bertz CT molecular complexity index is 611.